The van der Waals surface area contributed by atoms with Crippen molar-refractivity contribution in [2.24, 2.45) is 0 Å². The topological polar surface area (TPSA) is 77.2 Å². The highest BCUT2D eigenvalue weighted by molar-refractivity contribution is 9.10. The van der Waals surface area contributed by atoms with E-state index in [0.717, 1.165) is 21.1 Å². The molecular weight excluding hydrogens is 386 g/mol. The highest BCUT2D eigenvalue weighted by atomic mass is 79.9. The maximum absolute atomic E-state index is 12.5. The van der Waals surface area contributed by atoms with Crippen LogP contribution in [0.3, 0.4) is 0 Å². The van der Waals surface area contributed by atoms with E-state index in [9.17, 15) is 14.9 Å². The van der Waals surface area contributed by atoms with Crippen molar-refractivity contribution in [1.29, 1.82) is 0 Å². The fourth-order valence-electron chi connectivity index (χ4n) is 2.88. The number of nitrogens with one attached hydrogen (secondary N) is 1. The van der Waals surface area contributed by atoms with Crippen LogP contribution in [-0.2, 0) is 11.3 Å². The number of hydrogen-bond acceptors (Lipinski definition) is 3. The smallest absolute Gasteiger partial charge is 0.274 e. The van der Waals surface area contributed by atoms with Gasteiger partial charge in [-0.2, -0.15) is 0 Å². The summed E-state index contributed by atoms with van der Waals surface area (Å²) in [6.07, 6.45) is 0. The molecule has 1 N–H and O–H groups in total. The Labute approximate surface area is 152 Å². The predicted octanol–water partition coefficient (Wildman–Crippen LogP) is 4.57. The Morgan fingerprint density at radius 2 is 1.92 bits per heavy atom. The van der Waals surface area contributed by atoms with Crippen molar-refractivity contribution in [2.75, 3.05) is 5.32 Å². The molecule has 128 valence electrons. The van der Waals surface area contributed by atoms with Gasteiger partial charge in [0, 0.05) is 27.1 Å². The van der Waals surface area contributed by atoms with E-state index in [1.807, 2.05) is 35.8 Å². The monoisotopic (exact) mass is 401 g/mol. The van der Waals surface area contributed by atoms with Crippen LogP contribution in [0.15, 0.2) is 46.9 Å². The molecule has 0 bridgehead atoms. The molecule has 1 heterocycles. The van der Waals surface area contributed by atoms with Crippen molar-refractivity contribution in [3.05, 3.63) is 68.3 Å². The molecule has 0 aliphatic heterocycles. The highest BCUT2D eigenvalue weighted by Crippen LogP contribution is 2.30. The van der Waals surface area contributed by atoms with E-state index >= 15 is 0 Å². The molecule has 1 aromatic heterocycles. The molecule has 3 aromatic rings. The molecule has 0 saturated heterocycles. The minimum absolute atomic E-state index is 0.0110. The van der Waals surface area contributed by atoms with Gasteiger partial charge in [0.2, 0.25) is 5.91 Å². The molecule has 0 radical (unpaired) electrons. The Kier molecular flexibility index (Phi) is 4.59. The summed E-state index contributed by atoms with van der Waals surface area (Å²) in [5, 5.41) is 14.8. The Morgan fingerprint density at radius 1 is 1.20 bits per heavy atom. The second kappa shape index (κ2) is 6.68. The summed E-state index contributed by atoms with van der Waals surface area (Å²) >= 11 is 3.57. The van der Waals surface area contributed by atoms with Crippen LogP contribution in [0, 0.1) is 24.0 Å². The highest BCUT2D eigenvalue weighted by Gasteiger charge is 2.17. The lowest BCUT2D eigenvalue weighted by Gasteiger charge is -2.11. The van der Waals surface area contributed by atoms with Gasteiger partial charge in [0.25, 0.3) is 5.69 Å². The molecule has 0 unspecified atom stereocenters. The van der Waals surface area contributed by atoms with Crippen LogP contribution < -0.4 is 5.32 Å². The van der Waals surface area contributed by atoms with Gasteiger partial charge in [0.15, 0.2) is 0 Å². The van der Waals surface area contributed by atoms with E-state index < -0.39 is 4.92 Å². The Hall–Kier alpha value is -2.67. The van der Waals surface area contributed by atoms with E-state index in [4.69, 9.17) is 0 Å². The van der Waals surface area contributed by atoms with Gasteiger partial charge in [-0.05, 0) is 41.9 Å². The van der Waals surface area contributed by atoms with Crippen molar-refractivity contribution < 1.29 is 9.72 Å². The van der Waals surface area contributed by atoms with E-state index in [-0.39, 0.29) is 18.1 Å². The summed E-state index contributed by atoms with van der Waals surface area (Å²) < 4.78 is 2.88. The summed E-state index contributed by atoms with van der Waals surface area (Å²) in [7, 11) is 0. The normalized spacial score (nSPS) is 10.8. The first-order valence-electron chi connectivity index (χ1n) is 7.67. The zero-order valence-electron chi connectivity index (χ0n) is 13.7. The number of benzene rings is 2. The van der Waals surface area contributed by atoms with E-state index in [2.05, 4.69) is 21.2 Å². The summed E-state index contributed by atoms with van der Waals surface area (Å²) in [4.78, 5) is 23.1. The van der Waals surface area contributed by atoms with Crippen molar-refractivity contribution in [1.82, 2.24) is 4.57 Å². The number of amides is 1. The first-order valence-corrected chi connectivity index (χ1v) is 8.46. The lowest BCUT2D eigenvalue weighted by atomic mass is 10.1. The SMILES string of the molecule is Cc1c(NC(=O)Cn2c(C)c(Br)c3ccccc32)cccc1[N+](=O)[O-]. The predicted molar refractivity (Wildman–Crippen MR) is 101 cm³/mol. The number of halogens is 1. The fraction of sp³-hybridized carbons (Fsp3) is 0.167. The van der Waals surface area contributed by atoms with Gasteiger partial charge in [-0.25, -0.2) is 0 Å². The zero-order chi connectivity index (χ0) is 18.1. The molecule has 0 aliphatic rings. The molecule has 25 heavy (non-hydrogen) atoms. The Balaban J connectivity index is 1.89. The number of rotatable bonds is 4. The first kappa shape index (κ1) is 17.2. The third kappa shape index (κ3) is 3.15. The number of nitrogens with zero attached hydrogens (tertiary/aromatic N) is 2. The van der Waals surface area contributed by atoms with Gasteiger partial charge < -0.3 is 9.88 Å². The lowest BCUT2D eigenvalue weighted by molar-refractivity contribution is -0.385. The summed E-state index contributed by atoms with van der Waals surface area (Å²) in [6.45, 7) is 3.69. The molecule has 0 spiro atoms. The average Bonchev–Trinajstić information content (AvgIpc) is 2.82. The second-order valence-corrected chi connectivity index (χ2v) is 6.55. The standard InChI is InChI=1S/C18H16BrN3O3/c1-11-14(7-5-9-15(11)22(24)25)20-17(23)10-21-12(2)18(19)13-6-3-4-8-16(13)21/h3-9H,10H2,1-2H3,(H,20,23). The molecule has 7 heteroatoms. The fourth-order valence-corrected chi connectivity index (χ4v) is 3.43. The third-order valence-electron chi connectivity index (χ3n) is 4.23. The number of para-hydroxylation sites is 1. The van der Waals surface area contributed by atoms with Crippen LogP contribution in [0.2, 0.25) is 0 Å². The second-order valence-electron chi connectivity index (χ2n) is 5.76. The van der Waals surface area contributed by atoms with Gasteiger partial charge in [-0.15, -0.1) is 0 Å². The molecule has 6 nitrogen and oxygen atoms in total. The van der Waals surface area contributed by atoms with Gasteiger partial charge in [0.05, 0.1) is 16.2 Å². The zero-order valence-corrected chi connectivity index (χ0v) is 15.3. The Bertz CT molecular complexity index is 995. The molecule has 0 atom stereocenters. The molecule has 2 aromatic carbocycles. The van der Waals surface area contributed by atoms with Gasteiger partial charge in [-0.3, -0.25) is 14.9 Å². The number of carbonyl (C=O) groups is 1. The number of carbonyl (C=O) groups excluding carboxylic acids is 1. The molecule has 1 amide bonds. The van der Waals surface area contributed by atoms with Crippen LogP contribution in [0.5, 0.6) is 0 Å². The largest absolute Gasteiger partial charge is 0.334 e. The molecule has 0 saturated carbocycles. The van der Waals surface area contributed by atoms with E-state index in [1.165, 1.54) is 6.07 Å². The van der Waals surface area contributed by atoms with Crippen LogP contribution in [0.4, 0.5) is 11.4 Å². The minimum atomic E-state index is -0.453. The van der Waals surface area contributed by atoms with E-state index in [0.29, 0.717) is 11.3 Å². The Morgan fingerprint density at radius 3 is 2.64 bits per heavy atom. The number of fused-ring (bicyclic) bond motifs is 1. The van der Waals surface area contributed by atoms with Crippen LogP contribution in [-0.4, -0.2) is 15.4 Å². The maximum atomic E-state index is 12.5. The number of nitro groups is 1. The van der Waals surface area contributed by atoms with Crippen LogP contribution in [0.25, 0.3) is 10.9 Å². The molecular formula is C18H16BrN3O3. The van der Waals surface area contributed by atoms with Crippen molar-refractivity contribution in [3.8, 4) is 0 Å². The number of aromatic nitrogens is 1. The van der Waals surface area contributed by atoms with Gasteiger partial charge >= 0.3 is 0 Å². The lowest BCUT2D eigenvalue weighted by Crippen LogP contribution is -2.20. The van der Waals surface area contributed by atoms with Crippen molar-refractivity contribution in [3.63, 3.8) is 0 Å². The van der Waals surface area contributed by atoms with E-state index in [1.54, 1.807) is 19.1 Å². The van der Waals surface area contributed by atoms with Crippen molar-refractivity contribution in [2.45, 2.75) is 20.4 Å². The maximum Gasteiger partial charge on any atom is 0.274 e. The molecule has 0 aliphatic carbocycles. The summed E-state index contributed by atoms with van der Waals surface area (Å²) in [5.74, 6) is -0.236. The number of nitro benzene ring substituents is 1. The summed E-state index contributed by atoms with van der Waals surface area (Å²) in [6, 6.07) is 12.5. The van der Waals surface area contributed by atoms with Gasteiger partial charge in [-0.1, -0.05) is 24.3 Å². The average molecular weight is 402 g/mol. The van der Waals surface area contributed by atoms with Crippen molar-refractivity contribution >= 4 is 44.1 Å². The molecule has 0 fully saturated rings. The van der Waals surface area contributed by atoms with Crippen LogP contribution in [0.1, 0.15) is 11.3 Å². The van der Waals surface area contributed by atoms with Crippen LogP contribution >= 0.6 is 15.9 Å². The quantitative estimate of drug-likeness (QED) is 0.513. The third-order valence-corrected chi connectivity index (χ3v) is 5.23. The first-order chi connectivity index (χ1) is 11.9. The van der Waals surface area contributed by atoms with Gasteiger partial charge in [0.1, 0.15) is 6.54 Å². The minimum Gasteiger partial charge on any atom is -0.334 e. The number of hydrogen-bond donors (Lipinski definition) is 1. The summed E-state index contributed by atoms with van der Waals surface area (Å²) in [5.41, 5.74) is 2.79. The molecule has 3 rings (SSSR count). The number of anilines is 1.